The van der Waals surface area contributed by atoms with Gasteiger partial charge in [-0.15, -0.1) is 0 Å². The smallest absolute Gasteiger partial charge is 0.123 e. The number of fused-ring (bicyclic) bond motifs is 3. The summed E-state index contributed by atoms with van der Waals surface area (Å²) in [5.74, 6) is 2.16. The maximum absolute atomic E-state index is 11.0. The van der Waals surface area contributed by atoms with E-state index in [1.165, 1.54) is 22.3 Å². The summed E-state index contributed by atoms with van der Waals surface area (Å²) in [5, 5.41) is 11.0. The number of likely N-dealkylation sites (N-methyl/N-ethyl adjacent to an activating group) is 2. The number of phenols is 1. The molecule has 3 unspecified atom stereocenters. The van der Waals surface area contributed by atoms with E-state index in [0.717, 1.165) is 43.7 Å². The van der Waals surface area contributed by atoms with E-state index in [9.17, 15) is 5.11 Å². The van der Waals surface area contributed by atoms with Gasteiger partial charge in [0.05, 0.1) is 0 Å². The van der Waals surface area contributed by atoms with E-state index in [-0.39, 0.29) is 17.4 Å². The molecule has 2 aromatic rings. The van der Waals surface area contributed by atoms with Crippen molar-refractivity contribution in [3.8, 4) is 11.5 Å². The fraction of sp³-hybridized carbons (Fsp3) is 0.533. The molecule has 0 aromatic heterocycles. The lowest BCUT2D eigenvalue weighted by molar-refractivity contribution is -0.000501. The number of rotatable bonds is 7. The molecule has 0 saturated heterocycles. The third kappa shape index (κ3) is 5.18. The van der Waals surface area contributed by atoms with E-state index in [4.69, 9.17) is 4.74 Å². The van der Waals surface area contributed by atoms with Gasteiger partial charge in [-0.1, -0.05) is 35.9 Å². The standard InChI is InChI=1S/C30H42N2O2/c1-20-16-25(23-18-21(8-10-27(23)33)12-14-31(4)5)29-26(17-20)24-19-22(13-15-32(6)7)9-11-28(24)34-30(29,2)3/h8-11,16,18-19,25-26,29,33H,12-15,17H2,1-7H3. The molecule has 1 aliphatic heterocycles. The molecule has 1 aliphatic carbocycles. The van der Waals surface area contributed by atoms with Crippen molar-refractivity contribution in [3.05, 3.63) is 70.3 Å². The molecule has 0 radical (unpaired) electrons. The minimum atomic E-state index is -0.337. The molecule has 34 heavy (non-hydrogen) atoms. The molecule has 0 saturated carbocycles. The summed E-state index contributed by atoms with van der Waals surface area (Å²) in [5.41, 5.74) is 6.07. The van der Waals surface area contributed by atoms with Gasteiger partial charge in [0.25, 0.3) is 0 Å². The van der Waals surface area contributed by atoms with Crippen molar-refractivity contribution >= 4 is 0 Å². The molecule has 1 heterocycles. The molecule has 0 amide bonds. The highest BCUT2D eigenvalue weighted by atomic mass is 16.5. The summed E-state index contributed by atoms with van der Waals surface area (Å²) in [7, 11) is 8.45. The monoisotopic (exact) mass is 462 g/mol. The van der Waals surface area contributed by atoms with E-state index < -0.39 is 0 Å². The molecule has 0 bridgehead atoms. The van der Waals surface area contributed by atoms with Crippen LogP contribution in [0.1, 0.15) is 61.3 Å². The second-order valence-electron chi connectivity index (χ2n) is 11.5. The zero-order valence-corrected chi connectivity index (χ0v) is 22.1. The van der Waals surface area contributed by atoms with Crippen LogP contribution >= 0.6 is 0 Å². The minimum Gasteiger partial charge on any atom is -0.508 e. The fourth-order valence-electron chi connectivity index (χ4n) is 5.93. The maximum atomic E-state index is 11.0. The van der Waals surface area contributed by atoms with Gasteiger partial charge in [-0.25, -0.2) is 0 Å². The van der Waals surface area contributed by atoms with Gasteiger partial charge < -0.3 is 19.6 Å². The van der Waals surface area contributed by atoms with Crippen LogP contribution in [0.15, 0.2) is 48.0 Å². The van der Waals surface area contributed by atoms with Crippen LogP contribution in [0.2, 0.25) is 0 Å². The van der Waals surface area contributed by atoms with Crippen LogP contribution in [0, 0.1) is 5.92 Å². The zero-order valence-electron chi connectivity index (χ0n) is 22.1. The highest BCUT2D eigenvalue weighted by Gasteiger charge is 2.49. The van der Waals surface area contributed by atoms with E-state index in [1.54, 1.807) is 0 Å². The number of aromatic hydroxyl groups is 1. The predicted octanol–water partition coefficient (Wildman–Crippen LogP) is 5.61. The predicted molar refractivity (Wildman–Crippen MR) is 141 cm³/mol. The lowest BCUT2D eigenvalue weighted by Crippen LogP contribution is -2.48. The Bertz CT molecular complexity index is 1050. The van der Waals surface area contributed by atoms with Crippen molar-refractivity contribution < 1.29 is 9.84 Å². The van der Waals surface area contributed by atoms with Crippen LogP contribution in [0.25, 0.3) is 0 Å². The van der Waals surface area contributed by atoms with Crippen molar-refractivity contribution in [3.63, 3.8) is 0 Å². The fourth-order valence-corrected chi connectivity index (χ4v) is 5.93. The molecule has 1 N–H and O–H groups in total. The van der Waals surface area contributed by atoms with Crippen LogP contribution in [0.3, 0.4) is 0 Å². The normalized spacial score (nSPS) is 23.3. The topological polar surface area (TPSA) is 35.9 Å². The van der Waals surface area contributed by atoms with Gasteiger partial charge in [-0.3, -0.25) is 0 Å². The molecule has 2 aliphatic rings. The number of hydrogen-bond acceptors (Lipinski definition) is 4. The van der Waals surface area contributed by atoms with Crippen molar-refractivity contribution in [2.45, 2.75) is 57.5 Å². The first-order valence-corrected chi connectivity index (χ1v) is 12.7. The van der Waals surface area contributed by atoms with Crippen LogP contribution in [-0.2, 0) is 12.8 Å². The van der Waals surface area contributed by atoms with Crippen molar-refractivity contribution in [2.24, 2.45) is 5.92 Å². The SMILES string of the molecule is CC1=CC(c2cc(CCN(C)C)ccc2O)C2C(C1)c1cc(CCN(C)C)ccc1OC2(C)C. The maximum Gasteiger partial charge on any atom is 0.123 e. The molecule has 4 nitrogen and oxygen atoms in total. The quantitative estimate of drug-likeness (QED) is 0.543. The summed E-state index contributed by atoms with van der Waals surface area (Å²) >= 11 is 0. The first-order chi connectivity index (χ1) is 16.0. The second kappa shape index (κ2) is 9.75. The average Bonchev–Trinajstić information content (AvgIpc) is 2.76. The first kappa shape index (κ1) is 24.8. The Morgan fingerprint density at radius 3 is 2.12 bits per heavy atom. The summed E-state index contributed by atoms with van der Waals surface area (Å²) in [6.07, 6.45) is 5.44. The Hall–Kier alpha value is -2.30. The van der Waals surface area contributed by atoms with Gasteiger partial charge >= 0.3 is 0 Å². The first-order valence-electron chi connectivity index (χ1n) is 12.7. The summed E-state index contributed by atoms with van der Waals surface area (Å²) in [6, 6.07) is 13.0. The van der Waals surface area contributed by atoms with Gasteiger partial charge in [0.1, 0.15) is 17.1 Å². The lowest BCUT2D eigenvalue weighted by Gasteiger charge is -2.50. The summed E-state index contributed by atoms with van der Waals surface area (Å²) in [6.45, 7) is 8.72. The third-order valence-electron chi connectivity index (χ3n) is 7.62. The summed E-state index contributed by atoms with van der Waals surface area (Å²) in [4.78, 5) is 4.44. The van der Waals surface area contributed by atoms with E-state index in [2.05, 4.69) is 95.2 Å². The van der Waals surface area contributed by atoms with E-state index in [1.807, 2.05) is 6.07 Å². The Morgan fingerprint density at radius 1 is 0.912 bits per heavy atom. The van der Waals surface area contributed by atoms with Crippen LogP contribution in [0.4, 0.5) is 0 Å². The van der Waals surface area contributed by atoms with E-state index in [0.29, 0.717) is 11.7 Å². The Kier molecular flexibility index (Phi) is 7.12. The number of ether oxygens (including phenoxy) is 1. The van der Waals surface area contributed by atoms with Crippen molar-refractivity contribution in [1.82, 2.24) is 9.80 Å². The Morgan fingerprint density at radius 2 is 1.50 bits per heavy atom. The van der Waals surface area contributed by atoms with Gasteiger partial charge in [-0.2, -0.15) is 0 Å². The van der Waals surface area contributed by atoms with Crippen molar-refractivity contribution in [2.75, 3.05) is 41.3 Å². The minimum absolute atomic E-state index is 0.117. The van der Waals surface area contributed by atoms with E-state index >= 15 is 0 Å². The van der Waals surface area contributed by atoms with Gasteiger partial charge in [0, 0.05) is 30.5 Å². The van der Waals surface area contributed by atoms with Gasteiger partial charge in [0.2, 0.25) is 0 Å². The van der Waals surface area contributed by atoms with Crippen LogP contribution < -0.4 is 4.74 Å². The van der Waals surface area contributed by atoms with Gasteiger partial charge in [0.15, 0.2) is 0 Å². The number of allylic oxidation sites excluding steroid dienone is 2. The molecule has 0 spiro atoms. The molecule has 4 rings (SSSR count). The largest absolute Gasteiger partial charge is 0.508 e. The number of hydrogen-bond donors (Lipinski definition) is 1. The Balaban J connectivity index is 1.74. The molecule has 184 valence electrons. The van der Waals surface area contributed by atoms with Crippen LogP contribution in [-0.4, -0.2) is 61.8 Å². The summed E-state index contributed by atoms with van der Waals surface area (Å²) < 4.78 is 6.68. The highest BCUT2D eigenvalue weighted by molar-refractivity contribution is 5.49. The molecule has 3 atom stereocenters. The molecule has 0 fully saturated rings. The third-order valence-corrected chi connectivity index (χ3v) is 7.62. The number of nitrogens with zero attached hydrogens (tertiary/aromatic N) is 2. The molecular formula is C30H42N2O2. The van der Waals surface area contributed by atoms with Crippen LogP contribution in [0.5, 0.6) is 11.5 Å². The molecule has 2 aromatic carbocycles. The zero-order chi connectivity index (χ0) is 24.6. The average molecular weight is 463 g/mol. The molecule has 4 heteroatoms. The molecular weight excluding hydrogens is 420 g/mol. The number of benzene rings is 2. The second-order valence-corrected chi connectivity index (χ2v) is 11.5. The highest BCUT2D eigenvalue weighted by Crippen LogP contribution is 2.56. The Labute approximate surface area is 206 Å². The lowest BCUT2D eigenvalue weighted by atomic mass is 9.61. The number of phenolic OH excluding ortho intramolecular Hbond substituents is 1. The van der Waals surface area contributed by atoms with Crippen molar-refractivity contribution in [1.29, 1.82) is 0 Å². The van der Waals surface area contributed by atoms with Gasteiger partial charge in [-0.05, 0) is 103 Å².